The van der Waals surface area contributed by atoms with Crippen LogP contribution in [0, 0.1) is 0 Å². The van der Waals surface area contributed by atoms with E-state index in [1.807, 2.05) is 18.5 Å². The molecular formula is C15H20N6. The van der Waals surface area contributed by atoms with Gasteiger partial charge in [-0.25, -0.2) is 9.97 Å². The zero-order valence-electron chi connectivity index (χ0n) is 12.1. The molecule has 0 radical (unpaired) electrons. The molecule has 2 aliphatic rings. The Kier molecular flexibility index (Phi) is 3.31. The van der Waals surface area contributed by atoms with E-state index in [0.29, 0.717) is 0 Å². The molecule has 2 aromatic heterocycles. The van der Waals surface area contributed by atoms with Crippen LogP contribution in [0.25, 0.3) is 0 Å². The van der Waals surface area contributed by atoms with Gasteiger partial charge in [-0.3, -0.25) is 10.00 Å². The fourth-order valence-electron chi connectivity index (χ4n) is 3.29. The maximum Gasteiger partial charge on any atom is 0.225 e. The van der Waals surface area contributed by atoms with Crippen molar-refractivity contribution in [2.45, 2.75) is 25.8 Å². The molecule has 3 heterocycles. The number of piperazine rings is 1. The lowest BCUT2D eigenvalue weighted by atomic mass is 10.2. The molecule has 0 atom stereocenters. The van der Waals surface area contributed by atoms with Gasteiger partial charge >= 0.3 is 0 Å². The van der Waals surface area contributed by atoms with E-state index in [-0.39, 0.29) is 0 Å². The molecule has 0 aromatic carbocycles. The van der Waals surface area contributed by atoms with Crippen molar-refractivity contribution < 1.29 is 0 Å². The van der Waals surface area contributed by atoms with Crippen molar-refractivity contribution in [1.29, 1.82) is 0 Å². The topological polar surface area (TPSA) is 60.9 Å². The normalized spacial score (nSPS) is 19.0. The van der Waals surface area contributed by atoms with Crippen molar-refractivity contribution in [1.82, 2.24) is 25.1 Å². The van der Waals surface area contributed by atoms with Crippen LogP contribution in [-0.4, -0.2) is 51.2 Å². The summed E-state index contributed by atoms with van der Waals surface area (Å²) in [5.41, 5.74) is 4.09. The summed E-state index contributed by atoms with van der Waals surface area (Å²) in [7, 11) is 0. The van der Waals surface area contributed by atoms with E-state index in [0.717, 1.165) is 38.7 Å². The summed E-state index contributed by atoms with van der Waals surface area (Å²) in [6, 6.07) is 1.86. The summed E-state index contributed by atoms with van der Waals surface area (Å²) in [6.07, 6.45) is 7.25. The summed E-state index contributed by atoms with van der Waals surface area (Å²) in [5.74, 6) is 0.845. The summed E-state index contributed by atoms with van der Waals surface area (Å²) >= 11 is 0. The zero-order valence-corrected chi connectivity index (χ0v) is 12.1. The number of hydrogen-bond donors (Lipinski definition) is 1. The first-order chi connectivity index (χ1) is 10.4. The van der Waals surface area contributed by atoms with Gasteiger partial charge in [0.05, 0.1) is 5.69 Å². The first-order valence-electron chi connectivity index (χ1n) is 7.69. The number of hydrogen-bond acceptors (Lipinski definition) is 5. The molecule has 2 aromatic rings. The predicted octanol–water partition coefficient (Wildman–Crippen LogP) is 1.01. The van der Waals surface area contributed by atoms with Crippen LogP contribution in [0.3, 0.4) is 0 Å². The summed E-state index contributed by atoms with van der Waals surface area (Å²) < 4.78 is 0. The van der Waals surface area contributed by atoms with Crippen LogP contribution in [0.5, 0.6) is 0 Å². The van der Waals surface area contributed by atoms with E-state index < -0.39 is 0 Å². The van der Waals surface area contributed by atoms with Crippen molar-refractivity contribution in [3.63, 3.8) is 0 Å². The average molecular weight is 284 g/mol. The molecule has 0 bridgehead atoms. The third-order valence-corrected chi connectivity index (χ3v) is 4.47. The van der Waals surface area contributed by atoms with Crippen LogP contribution < -0.4 is 4.90 Å². The fourth-order valence-corrected chi connectivity index (χ4v) is 3.29. The van der Waals surface area contributed by atoms with Gasteiger partial charge in [0, 0.05) is 50.8 Å². The molecule has 0 amide bonds. The number of nitrogens with one attached hydrogen (secondary N) is 1. The number of H-pyrrole nitrogens is 1. The Labute approximate surface area is 124 Å². The molecule has 1 fully saturated rings. The van der Waals surface area contributed by atoms with Gasteiger partial charge in [0.1, 0.15) is 0 Å². The number of aryl methyl sites for hydroxylation is 1. The molecule has 21 heavy (non-hydrogen) atoms. The van der Waals surface area contributed by atoms with Gasteiger partial charge in [-0.1, -0.05) is 0 Å². The summed E-state index contributed by atoms with van der Waals surface area (Å²) in [5, 5.41) is 7.71. The Morgan fingerprint density at radius 3 is 2.67 bits per heavy atom. The lowest BCUT2D eigenvalue weighted by Crippen LogP contribution is -2.46. The molecule has 6 heteroatoms. The van der Waals surface area contributed by atoms with Gasteiger partial charge in [-0.05, 0) is 30.9 Å². The number of aromatic nitrogens is 4. The Bertz CT molecular complexity index is 600. The average Bonchev–Trinajstić information content (AvgIpc) is 3.14. The van der Waals surface area contributed by atoms with Crippen LogP contribution >= 0.6 is 0 Å². The summed E-state index contributed by atoms with van der Waals surface area (Å²) in [4.78, 5) is 13.4. The molecule has 1 aliphatic carbocycles. The molecule has 0 unspecified atom stereocenters. The van der Waals surface area contributed by atoms with Crippen molar-refractivity contribution in [2.75, 3.05) is 31.1 Å². The van der Waals surface area contributed by atoms with Crippen molar-refractivity contribution in [2.24, 2.45) is 0 Å². The lowest BCUT2D eigenvalue weighted by molar-refractivity contribution is 0.245. The number of fused-ring (bicyclic) bond motifs is 1. The van der Waals surface area contributed by atoms with Gasteiger partial charge in [0.2, 0.25) is 5.95 Å². The van der Waals surface area contributed by atoms with Gasteiger partial charge < -0.3 is 4.90 Å². The molecule has 1 saturated heterocycles. The Morgan fingerprint density at radius 2 is 1.86 bits per heavy atom. The minimum atomic E-state index is 0.845. The highest BCUT2D eigenvalue weighted by molar-refractivity contribution is 5.31. The monoisotopic (exact) mass is 284 g/mol. The minimum absolute atomic E-state index is 0.845. The van der Waals surface area contributed by atoms with Crippen LogP contribution in [0.2, 0.25) is 0 Å². The first-order valence-corrected chi connectivity index (χ1v) is 7.69. The Morgan fingerprint density at radius 1 is 1.05 bits per heavy atom. The second kappa shape index (κ2) is 5.44. The standard InChI is InChI=1S/C15H20N6/c1-3-12-13(4-1)18-19-14(12)11-20-7-9-21(10-8-20)15-16-5-2-6-17-15/h2,5-6H,1,3-4,7-11H2,(H,18,19). The molecule has 110 valence electrons. The summed E-state index contributed by atoms with van der Waals surface area (Å²) in [6.45, 7) is 5.02. The van der Waals surface area contributed by atoms with Crippen LogP contribution in [0.15, 0.2) is 18.5 Å². The second-order valence-electron chi connectivity index (χ2n) is 5.79. The van der Waals surface area contributed by atoms with Crippen LogP contribution in [0.4, 0.5) is 5.95 Å². The van der Waals surface area contributed by atoms with Crippen LogP contribution in [0.1, 0.15) is 23.4 Å². The fraction of sp³-hybridized carbons (Fsp3) is 0.533. The molecule has 0 spiro atoms. The highest BCUT2D eigenvalue weighted by Gasteiger charge is 2.23. The molecular weight excluding hydrogens is 264 g/mol. The maximum absolute atomic E-state index is 4.50. The smallest absolute Gasteiger partial charge is 0.225 e. The van der Waals surface area contributed by atoms with Gasteiger partial charge in [-0.15, -0.1) is 0 Å². The number of aromatic amines is 1. The SMILES string of the molecule is c1cnc(N2CCN(Cc3n[nH]c4c3CCC4)CC2)nc1. The third kappa shape index (κ3) is 2.51. The van der Waals surface area contributed by atoms with E-state index in [1.165, 1.54) is 36.2 Å². The molecule has 1 N–H and O–H groups in total. The first kappa shape index (κ1) is 12.8. The largest absolute Gasteiger partial charge is 0.338 e. The number of rotatable bonds is 3. The third-order valence-electron chi connectivity index (χ3n) is 4.47. The van der Waals surface area contributed by atoms with E-state index >= 15 is 0 Å². The number of nitrogens with zero attached hydrogens (tertiary/aromatic N) is 5. The van der Waals surface area contributed by atoms with E-state index in [4.69, 9.17) is 0 Å². The number of anilines is 1. The Hall–Kier alpha value is -1.95. The molecule has 6 nitrogen and oxygen atoms in total. The van der Waals surface area contributed by atoms with Gasteiger partial charge in [-0.2, -0.15) is 5.10 Å². The van der Waals surface area contributed by atoms with Crippen molar-refractivity contribution in [3.05, 3.63) is 35.4 Å². The van der Waals surface area contributed by atoms with E-state index in [9.17, 15) is 0 Å². The zero-order chi connectivity index (χ0) is 14.1. The maximum atomic E-state index is 4.50. The van der Waals surface area contributed by atoms with Crippen molar-refractivity contribution in [3.8, 4) is 0 Å². The van der Waals surface area contributed by atoms with Gasteiger partial charge in [0.15, 0.2) is 0 Å². The predicted molar refractivity (Wildman–Crippen MR) is 80.1 cm³/mol. The minimum Gasteiger partial charge on any atom is -0.338 e. The van der Waals surface area contributed by atoms with Gasteiger partial charge in [0.25, 0.3) is 0 Å². The molecule has 0 saturated carbocycles. The van der Waals surface area contributed by atoms with Crippen molar-refractivity contribution >= 4 is 5.95 Å². The van der Waals surface area contributed by atoms with E-state index in [1.54, 1.807) is 0 Å². The van der Waals surface area contributed by atoms with E-state index in [2.05, 4.69) is 30.0 Å². The second-order valence-corrected chi connectivity index (χ2v) is 5.79. The lowest BCUT2D eigenvalue weighted by Gasteiger charge is -2.34. The highest BCUT2D eigenvalue weighted by atomic mass is 15.3. The molecule has 1 aliphatic heterocycles. The quantitative estimate of drug-likeness (QED) is 0.911. The Balaban J connectivity index is 1.37. The highest BCUT2D eigenvalue weighted by Crippen LogP contribution is 2.24. The molecule has 4 rings (SSSR count). The van der Waals surface area contributed by atoms with Crippen LogP contribution in [-0.2, 0) is 19.4 Å².